The van der Waals surface area contributed by atoms with Crippen molar-refractivity contribution in [2.75, 3.05) is 27.4 Å². The van der Waals surface area contributed by atoms with Crippen molar-refractivity contribution in [2.45, 2.75) is 13.5 Å². The lowest BCUT2D eigenvalue weighted by molar-refractivity contribution is 0.158. The predicted molar refractivity (Wildman–Crippen MR) is 70.5 cm³/mol. The zero-order valence-corrected chi connectivity index (χ0v) is 11.2. The smallest absolute Gasteiger partial charge is 0.136 e. The lowest BCUT2D eigenvalue weighted by Gasteiger charge is -2.12. The normalized spacial score (nSPS) is 11.9. The van der Waals surface area contributed by atoms with Gasteiger partial charge in [-0.05, 0) is 23.6 Å². The molecule has 0 saturated carbocycles. The summed E-state index contributed by atoms with van der Waals surface area (Å²) in [4.78, 5) is 0. The minimum Gasteiger partial charge on any atom is -0.495 e. The Labute approximate surface area is 109 Å². The zero-order chi connectivity index (χ0) is 13.4. The van der Waals surface area contributed by atoms with Gasteiger partial charge in [-0.2, -0.15) is 5.26 Å². The number of benzene rings is 1. The molecule has 1 rings (SSSR count). The molecular formula is C14H20N2O2. The van der Waals surface area contributed by atoms with E-state index in [0.29, 0.717) is 17.2 Å². The molecule has 1 unspecified atom stereocenters. The van der Waals surface area contributed by atoms with Crippen LogP contribution in [0, 0.1) is 17.2 Å². The summed E-state index contributed by atoms with van der Waals surface area (Å²) >= 11 is 0. The van der Waals surface area contributed by atoms with Gasteiger partial charge in [-0.3, -0.25) is 0 Å². The molecule has 0 heterocycles. The van der Waals surface area contributed by atoms with Gasteiger partial charge in [-0.25, -0.2) is 0 Å². The molecule has 0 saturated heterocycles. The monoisotopic (exact) mass is 248 g/mol. The highest BCUT2D eigenvalue weighted by Crippen LogP contribution is 2.19. The highest BCUT2D eigenvalue weighted by Gasteiger charge is 2.04. The fourth-order valence-electron chi connectivity index (χ4n) is 1.74. The molecule has 1 N–H and O–H groups in total. The van der Waals surface area contributed by atoms with Gasteiger partial charge in [0, 0.05) is 26.8 Å². The van der Waals surface area contributed by atoms with Crippen LogP contribution >= 0.6 is 0 Å². The van der Waals surface area contributed by atoms with E-state index < -0.39 is 0 Å². The summed E-state index contributed by atoms with van der Waals surface area (Å²) in [6, 6.07) is 7.72. The van der Waals surface area contributed by atoms with Crippen LogP contribution in [-0.2, 0) is 11.3 Å². The molecule has 4 nitrogen and oxygen atoms in total. The van der Waals surface area contributed by atoms with Gasteiger partial charge < -0.3 is 14.8 Å². The molecule has 0 aliphatic heterocycles. The van der Waals surface area contributed by atoms with Crippen LogP contribution in [0.15, 0.2) is 18.2 Å². The average Bonchev–Trinajstić information content (AvgIpc) is 2.38. The Morgan fingerprint density at radius 1 is 1.39 bits per heavy atom. The molecule has 0 amide bonds. The number of methoxy groups -OCH3 is 2. The second kappa shape index (κ2) is 7.70. The van der Waals surface area contributed by atoms with Crippen LogP contribution in [-0.4, -0.2) is 27.4 Å². The summed E-state index contributed by atoms with van der Waals surface area (Å²) in [5, 5.41) is 12.2. The Balaban J connectivity index is 2.51. The Hall–Kier alpha value is -1.57. The van der Waals surface area contributed by atoms with Crippen LogP contribution in [0.1, 0.15) is 18.1 Å². The summed E-state index contributed by atoms with van der Waals surface area (Å²) in [7, 11) is 3.29. The minimum absolute atomic E-state index is 0.482. The second-order valence-corrected chi connectivity index (χ2v) is 4.34. The van der Waals surface area contributed by atoms with Crippen molar-refractivity contribution in [3.63, 3.8) is 0 Å². The van der Waals surface area contributed by atoms with E-state index in [9.17, 15) is 0 Å². The fraction of sp³-hybridized carbons (Fsp3) is 0.500. The van der Waals surface area contributed by atoms with E-state index in [1.54, 1.807) is 20.3 Å². The number of rotatable bonds is 7. The van der Waals surface area contributed by atoms with Crippen LogP contribution < -0.4 is 10.1 Å². The van der Waals surface area contributed by atoms with Gasteiger partial charge >= 0.3 is 0 Å². The molecule has 4 heteroatoms. The molecule has 0 radical (unpaired) electrons. The van der Waals surface area contributed by atoms with Gasteiger partial charge in [0.2, 0.25) is 0 Å². The van der Waals surface area contributed by atoms with Crippen molar-refractivity contribution < 1.29 is 9.47 Å². The van der Waals surface area contributed by atoms with Gasteiger partial charge in [0.1, 0.15) is 11.8 Å². The predicted octanol–water partition coefficient (Wildman–Crippen LogP) is 1.94. The molecule has 1 aromatic rings. The van der Waals surface area contributed by atoms with E-state index >= 15 is 0 Å². The molecule has 18 heavy (non-hydrogen) atoms. The van der Waals surface area contributed by atoms with E-state index in [4.69, 9.17) is 14.7 Å². The van der Waals surface area contributed by atoms with E-state index in [0.717, 1.165) is 25.3 Å². The molecule has 1 aromatic carbocycles. The Kier molecular flexibility index (Phi) is 6.20. The van der Waals surface area contributed by atoms with Gasteiger partial charge in [0.05, 0.1) is 12.7 Å². The Morgan fingerprint density at radius 2 is 2.17 bits per heavy atom. The third-order valence-corrected chi connectivity index (χ3v) is 2.66. The molecule has 1 atom stereocenters. The van der Waals surface area contributed by atoms with Crippen LogP contribution in [0.3, 0.4) is 0 Å². The maximum absolute atomic E-state index is 8.89. The van der Waals surface area contributed by atoms with Crippen molar-refractivity contribution in [1.29, 1.82) is 5.26 Å². The third-order valence-electron chi connectivity index (χ3n) is 2.66. The quantitative estimate of drug-likeness (QED) is 0.801. The van der Waals surface area contributed by atoms with Crippen LogP contribution in [0.5, 0.6) is 5.75 Å². The number of hydrogen-bond donors (Lipinski definition) is 1. The zero-order valence-electron chi connectivity index (χ0n) is 11.2. The van der Waals surface area contributed by atoms with Crippen molar-refractivity contribution >= 4 is 0 Å². The minimum atomic E-state index is 0.482. The number of nitrogens with zero attached hydrogens (tertiary/aromatic N) is 1. The molecule has 0 aliphatic rings. The first-order valence-electron chi connectivity index (χ1n) is 5.98. The molecule has 0 fully saturated rings. The summed E-state index contributed by atoms with van der Waals surface area (Å²) in [6.45, 7) is 4.55. The number of nitriles is 1. The summed E-state index contributed by atoms with van der Waals surface area (Å²) in [6.07, 6.45) is 0. The summed E-state index contributed by atoms with van der Waals surface area (Å²) < 4.78 is 10.2. The summed E-state index contributed by atoms with van der Waals surface area (Å²) in [5.41, 5.74) is 1.67. The van der Waals surface area contributed by atoms with Crippen LogP contribution in [0.25, 0.3) is 0 Å². The molecule has 0 aromatic heterocycles. The molecule has 0 bridgehead atoms. The lowest BCUT2D eigenvalue weighted by Crippen LogP contribution is -2.23. The summed E-state index contributed by atoms with van der Waals surface area (Å²) in [5.74, 6) is 1.11. The Morgan fingerprint density at radius 3 is 2.78 bits per heavy atom. The maximum atomic E-state index is 8.89. The van der Waals surface area contributed by atoms with E-state index in [1.165, 1.54) is 0 Å². The molecular weight excluding hydrogens is 228 g/mol. The van der Waals surface area contributed by atoms with Crippen LogP contribution in [0.4, 0.5) is 0 Å². The molecule has 98 valence electrons. The number of ether oxygens (including phenoxy) is 2. The second-order valence-electron chi connectivity index (χ2n) is 4.34. The van der Waals surface area contributed by atoms with Gasteiger partial charge in [-0.1, -0.05) is 13.0 Å². The van der Waals surface area contributed by atoms with E-state index in [2.05, 4.69) is 18.3 Å². The highest BCUT2D eigenvalue weighted by molar-refractivity contribution is 5.45. The first-order chi connectivity index (χ1) is 8.71. The topological polar surface area (TPSA) is 54.3 Å². The van der Waals surface area contributed by atoms with Gasteiger partial charge in [-0.15, -0.1) is 0 Å². The fourth-order valence-corrected chi connectivity index (χ4v) is 1.74. The first kappa shape index (κ1) is 14.5. The standard InChI is InChI=1S/C14H20N2O2/c1-11(10-17-2)8-16-9-12-4-5-13(7-15)14(6-12)18-3/h4-6,11,16H,8-10H2,1-3H3. The average molecular weight is 248 g/mol. The van der Waals surface area contributed by atoms with Crippen molar-refractivity contribution in [2.24, 2.45) is 5.92 Å². The first-order valence-corrected chi connectivity index (χ1v) is 5.98. The van der Waals surface area contributed by atoms with Crippen molar-refractivity contribution in [3.05, 3.63) is 29.3 Å². The number of nitrogens with one attached hydrogen (secondary N) is 1. The largest absolute Gasteiger partial charge is 0.495 e. The van der Waals surface area contributed by atoms with Crippen molar-refractivity contribution in [3.8, 4) is 11.8 Å². The molecule has 0 aliphatic carbocycles. The van der Waals surface area contributed by atoms with Crippen molar-refractivity contribution in [1.82, 2.24) is 5.32 Å². The lowest BCUT2D eigenvalue weighted by atomic mass is 10.1. The maximum Gasteiger partial charge on any atom is 0.136 e. The third kappa shape index (κ3) is 4.36. The molecule has 0 spiro atoms. The Bertz CT molecular complexity index is 413. The van der Waals surface area contributed by atoms with Crippen LogP contribution in [0.2, 0.25) is 0 Å². The SMILES string of the molecule is COCC(C)CNCc1ccc(C#N)c(OC)c1. The van der Waals surface area contributed by atoms with Gasteiger partial charge in [0.15, 0.2) is 0 Å². The number of hydrogen-bond acceptors (Lipinski definition) is 4. The highest BCUT2D eigenvalue weighted by atomic mass is 16.5. The van der Waals surface area contributed by atoms with E-state index in [-0.39, 0.29) is 0 Å². The van der Waals surface area contributed by atoms with E-state index in [1.807, 2.05) is 12.1 Å². The van der Waals surface area contributed by atoms with Gasteiger partial charge in [0.25, 0.3) is 0 Å².